The minimum atomic E-state index is -0.356. The van der Waals surface area contributed by atoms with E-state index in [1.165, 1.54) is 18.2 Å². The highest BCUT2D eigenvalue weighted by molar-refractivity contribution is 6.31. The molecule has 2 rings (SSSR count). The van der Waals surface area contributed by atoms with E-state index in [4.69, 9.17) is 11.6 Å². The van der Waals surface area contributed by atoms with Crippen molar-refractivity contribution in [1.29, 1.82) is 0 Å². The predicted octanol–water partition coefficient (Wildman–Crippen LogP) is 1.83. The molecule has 1 unspecified atom stereocenters. The number of amides is 2. The van der Waals surface area contributed by atoms with E-state index in [-0.39, 0.29) is 17.9 Å². The molecule has 1 aromatic rings. The Morgan fingerprint density at radius 3 is 2.93 bits per heavy atom. The Bertz CT molecular complexity index is 383. The summed E-state index contributed by atoms with van der Waals surface area (Å²) < 4.78 is 12.9. The zero-order chi connectivity index (χ0) is 10.1. The van der Waals surface area contributed by atoms with E-state index in [0.29, 0.717) is 17.1 Å². The standard InChI is InChI=1S/C9H8ClFN2O/c10-7-2-1-5(11)3-6(7)8-4-12-9(14)13-8/h1-3,8H,4H2,(H2,12,13,14). The molecular formula is C9H8ClFN2O. The van der Waals surface area contributed by atoms with Crippen molar-refractivity contribution in [1.82, 2.24) is 10.6 Å². The van der Waals surface area contributed by atoms with E-state index < -0.39 is 0 Å². The molecule has 1 atom stereocenters. The van der Waals surface area contributed by atoms with E-state index in [2.05, 4.69) is 10.6 Å². The van der Waals surface area contributed by atoms with Gasteiger partial charge in [-0.3, -0.25) is 0 Å². The maximum atomic E-state index is 12.9. The van der Waals surface area contributed by atoms with E-state index in [1.54, 1.807) is 0 Å². The fourth-order valence-corrected chi connectivity index (χ4v) is 1.67. The van der Waals surface area contributed by atoms with Gasteiger partial charge in [-0.05, 0) is 23.8 Å². The smallest absolute Gasteiger partial charge is 0.315 e. The monoisotopic (exact) mass is 214 g/mol. The number of nitrogens with one attached hydrogen (secondary N) is 2. The number of halogens is 2. The summed E-state index contributed by atoms with van der Waals surface area (Å²) in [5.74, 6) is -0.356. The lowest BCUT2D eigenvalue weighted by molar-refractivity contribution is 0.247. The Balaban J connectivity index is 2.31. The average Bonchev–Trinajstić information content (AvgIpc) is 2.56. The third kappa shape index (κ3) is 1.65. The van der Waals surface area contributed by atoms with Gasteiger partial charge in [0.2, 0.25) is 0 Å². The number of rotatable bonds is 1. The average molecular weight is 215 g/mol. The van der Waals surface area contributed by atoms with Crippen molar-refractivity contribution in [3.05, 3.63) is 34.6 Å². The van der Waals surface area contributed by atoms with Gasteiger partial charge in [-0.25, -0.2) is 9.18 Å². The van der Waals surface area contributed by atoms with Gasteiger partial charge < -0.3 is 10.6 Å². The van der Waals surface area contributed by atoms with Crippen LogP contribution in [0.4, 0.5) is 9.18 Å². The molecule has 0 radical (unpaired) electrons. The first-order valence-corrected chi connectivity index (χ1v) is 4.54. The van der Waals surface area contributed by atoms with E-state index in [0.717, 1.165) is 0 Å². The number of benzene rings is 1. The van der Waals surface area contributed by atoms with Crippen LogP contribution >= 0.6 is 11.6 Å². The predicted molar refractivity (Wildman–Crippen MR) is 50.7 cm³/mol. The van der Waals surface area contributed by atoms with Crippen LogP contribution in [0.1, 0.15) is 11.6 Å². The summed E-state index contributed by atoms with van der Waals surface area (Å²) in [7, 11) is 0. The van der Waals surface area contributed by atoms with Gasteiger partial charge in [0.15, 0.2) is 0 Å². The minimum absolute atomic E-state index is 0.245. The summed E-state index contributed by atoms with van der Waals surface area (Å²) in [6.45, 7) is 0.433. The summed E-state index contributed by atoms with van der Waals surface area (Å²) >= 11 is 5.88. The van der Waals surface area contributed by atoms with Crippen LogP contribution in [0.25, 0.3) is 0 Å². The number of hydrogen-bond acceptors (Lipinski definition) is 1. The molecular weight excluding hydrogens is 207 g/mol. The normalized spacial score (nSPS) is 20.4. The lowest BCUT2D eigenvalue weighted by Crippen LogP contribution is -2.21. The molecule has 0 aromatic heterocycles. The maximum absolute atomic E-state index is 12.9. The molecule has 1 aliphatic rings. The molecule has 5 heteroatoms. The van der Waals surface area contributed by atoms with Crippen molar-refractivity contribution in [3.8, 4) is 0 Å². The molecule has 1 aliphatic heterocycles. The summed E-state index contributed by atoms with van der Waals surface area (Å²) in [5.41, 5.74) is 0.602. The highest BCUT2D eigenvalue weighted by atomic mass is 35.5. The van der Waals surface area contributed by atoms with Crippen molar-refractivity contribution < 1.29 is 9.18 Å². The summed E-state index contributed by atoms with van der Waals surface area (Å²) in [5, 5.41) is 5.68. The molecule has 1 aromatic carbocycles. The zero-order valence-electron chi connectivity index (χ0n) is 7.18. The lowest BCUT2D eigenvalue weighted by atomic mass is 10.1. The van der Waals surface area contributed by atoms with Gasteiger partial charge in [-0.1, -0.05) is 11.6 Å². The van der Waals surface area contributed by atoms with Gasteiger partial charge in [0.25, 0.3) is 0 Å². The largest absolute Gasteiger partial charge is 0.336 e. The fourth-order valence-electron chi connectivity index (χ4n) is 1.42. The quantitative estimate of drug-likeness (QED) is 0.736. The van der Waals surface area contributed by atoms with Crippen LogP contribution in [-0.2, 0) is 0 Å². The molecule has 1 saturated heterocycles. The molecule has 74 valence electrons. The second-order valence-corrected chi connectivity index (χ2v) is 3.48. The number of carbonyl (C=O) groups excluding carboxylic acids is 1. The van der Waals surface area contributed by atoms with Crippen LogP contribution in [-0.4, -0.2) is 12.6 Å². The Labute approximate surface area is 85.3 Å². The molecule has 0 saturated carbocycles. The molecule has 0 aliphatic carbocycles. The first-order valence-electron chi connectivity index (χ1n) is 4.16. The molecule has 3 nitrogen and oxygen atoms in total. The lowest BCUT2D eigenvalue weighted by Gasteiger charge is -2.10. The number of hydrogen-bond donors (Lipinski definition) is 2. The SMILES string of the molecule is O=C1NCC(c2cc(F)ccc2Cl)N1. The van der Waals surface area contributed by atoms with Crippen LogP contribution in [0.15, 0.2) is 18.2 Å². The van der Waals surface area contributed by atoms with Crippen molar-refractivity contribution in [2.75, 3.05) is 6.54 Å². The zero-order valence-corrected chi connectivity index (χ0v) is 7.94. The van der Waals surface area contributed by atoms with Crippen molar-refractivity contribution >= 4 is 17.6 Å². The summed E-state index contributed by atoms with van der Waals surface area (Å²) in [6.07, 6.45) is 0. The van der Waals surface area contributed by atoms with Gasteiger partial charge in [0.1, 0.15) is 5.82 Å². The molecule has 0 spiro atoms. The Morgan fingerprint density at radius 2 is 2.29 bits per heavy atom. The summed E-state index contributed by atoms with van der Waals surface area (Å²) in [6, 6.07) is 3.61. The molecule has 2 amide bonds. The van der Waals surface area contributed by atoms with Crippen LogP contribution in [0.2, 0.25) is 5.02 Å². The molecule has 1 fully saturated rings. The van der Waals surface area contributed by atoms with E-state index in [1.807, 2.05) is 0 Å². The van der Waals surface area contributed by atoms with Gasteiger partial charge in [0, 0.05) is 11.6 Å². The highest BCUT2D eigenvalue weighted by Crippen LogP contribution is 2.24. The highest BCUT2D eigenvalue weighted by Gasteiger charge is 2.23. The third-order valence-electron chi connectivity index (χ3n) is 2.11. The first-order chi connectivity index (χ1) is 6.66. The second kappa shape index (κ2) is 3.46. The van der Waals surface area contributed by atoms with Crippen LogP contribution in [0.3, 0.4) is 0 Å². The van der Waals surface area contributed by atoms with Crippen LogP contribution in [0.5, 0.6) is 0 Å². The van der Waals surface area contributed by atoms with Gasteiger partial charge >= 0.3 is 6.03 Å². The minimum Gasteiger partial charge on any atom is -0.336 e. The molecule has 14 heavy (non-hydrogen) atoms. The number of urea groups is 1. The maximum Gasteiger partial charge on any atom is 0.315 e. The second-order valence-electron chi connectivity index (χ2n) is 3.07. The number of carbonyl (C=O) groups is 1. The van der Waals surface area contributed by atoms with Gasteiger partial charge in [-0.15, -0.1) is 0 Å². The Hall–Kier alpha value is -1.29. The molecule has 1 heterocycles. The first kappa shape index (κ1) is 9.27. The van der Waals surface area contributed by atoms with Gasteiger partial charge in [-0.2, -0.15) is 0 Å². The fraction of sp³-hybridized carbons (Fsp3) is 0.222. The molecule has 2 N–H and O–H groups in total. The van der Waals surface area contributed by atoms with Crippen LogP contribution < -0.4 is 10.6 Å². The van der Waals surface area contributed by atoms with Crippen molar-refractivity contribution in [2.24, 2.45) is 0 Å². The third-order valence-corrected chi connectivity index (χ3v) is 2.45. The Morgan fingerprint density at radius 1 is 1.50 bits per heavy atom. The Kier molecular flexibility index (Phi) is 2.29. The van der Waals surface area contributed by atoms with Crippen molar-refractivity contribution in [2.45, 2.75) is 6.04 Å². The van der Waals surface area contributed by atoms with E-state index >= 15 is 0 Å². The van der Waals surface area contributed by atoms with Gasteiger partial charge in [0.05, 0.1) is 6.04 Å². The molecule has 0 bridgehead atoms. The van der Waals surface area contributed by atoms with Crippen molar-refractivity contribution in [3.63, 3.8) is 0 Å². The topological polar surface area (TPSA) is 41.1 Å². The summed E-state index contributed by atoms with van der Waals surface area (Å²) in [4.78, 5) is 10.9. The van der Waals surface area contributed by atoms with E-state index in [9.17, 15) is 9.18 Å². The van der Waals surface area contributed by atoms with Crippen LogP contribution in [0, 0.1) is 5.82 Å².